The number of aliphatic hydroxyl groups is 1. The first kappa shape index (κ1) is 90.1. The van der Waals surface area contributed by atoms with Crippen molar-refractivity contribution in [3.63, 3.8) is 0 Å². The fourth-order valence-corrected chi connectivity index (χ4v) is 12.8. The molecular formula is C73H142O17P2. The lowest BCUT2D eigenvalue weighted by Gasteiger charge is -2.21. The number of esters is 4. The second kappa shape index (κ2) is 66.3. The highest BCUT2D eigenvalue weighted by Gasteiger charge is 2.30. The quantitative estimate of drug-likeness (QED) is 0.0222. The number of hydrogen-bond donors (Lipinski definition) is 3. The van der Waals surface area contributed by atoms with Gasteiger partial charge < -0.3 is 33.8 Å². The second-order valence-corrected chi connectivity index (χ2v) is 29.7. The molecule has 3 N–H and O–H groups in total. The van der Waals surface area contributed by atoms with E-state index in [1.54, 1.807) is 0 Å². The minimum absolute atomic E-state index is 0.103. The highest BCUT2D eigenvalue weighted by Crippen LogP contribution is 2.45. The van der Waals surface area contributed by atoms with Crippen LogP contribution in [0.2, 0.25) is 0 Å². The Bertz CT molecular complexity index is 1770. The van der Waals surface area contributed by atoms with Crippen molar-refractivity contribution in [2.24, 2.45) is 5.92 Å². The Morgan fingerprint density at radius 2 is 0.500 bits per heavy atom. The van der Waals surface area contributed by atoms with Gasteiger partial charge in [0, 0.05) is 25.7 Å². The number of carbonyl (C=O) groups excluding carboxylic acids is 4. The summed E-state index contributed by atoms with van der Waals surface area (Å²) in [5.74, 6) is -1.32. The van der Waals surface area contributed by atoms with Crippen LogP contribution in [0.4, 0.5) is 0 Å². The summed E-state index contributed by atoms with van der Waals surface area (Å²) >= 11 is 0. The molecule has 92 heavy (non-hydrogen) atoms. The maximum absolute atomic E-state index is 13.1. The molecular weight excluding hydrogens is 1210 g/mol. The number of rotatable bonds is 73. The minimum Gasteiger partial charge on any atom is -0.462 e. The second-order valence-electron chi connectivity index (χ2n) is 26.8. The van der Waals surface area contributed by atoms with E-state index in [0.29, 0.717) is 25.7 Å². The van der Waals surface area contributed by atoms with Crippen LogP contribution in [0, 0.1) is 5.92 Å². The number of phosphoric acid groups is 2. The van der Waals surface area contributed by atoms with Gasteiger partial charge in [0.1, 0.15) is 19.3 Å². The maximum atomic E-state index is 13.1. The predicted octanol–water partition coefficient (Wildman–Crippen LogP) is 21.3. The van der Waals surface area contributed by atoms with Gasteiger partial charge in [-0.1, -0.05) is 330 Å². The molecule has 0 aromatic carbocycles. The van der Waals surface area contributed by atoms with Crippen LogP contribution in [-0.2, 0) is 65.4 Å². The molecule has 2 unspecified atom stereocenters. The smallest absolute Gasteiger partial charge is 0.462 e. The minimum atomic E-state index is -4.95. The van der Waals surface area contributed by atoms with Crippen LogP contribution < -0.4 is 0 Å². The first-order valence-electron chi connectivity index (χ1n) is 38.1. The lowest BCUT2D eigenvalue weighted by atomic mass is 10.0. The summed E-state index contributed by atoms with van der Waals surface area (Å²) in [5, 5.41) is 10.5. The molecule has 0 aromatic rings. The number of carbonyl (C=O) groups is 4. The summed E-state index contributed by atoms with van der Waals surface area (Å²) in [6, 6.07) is 0. The molecule has 0 aliphatic rings. The van der Waals surface area contributed by atoms with Gasteiger partial charge in [-0.15, -0.1) is 0 Å². The summed E-state index contributed by atoms with van der Waals surface area (Å²) in [6.45, 7) is 7.16. The molecule has 0 heterocycles. The molecule has 0 radical (unpaired) electrons. The molecule has 5 atom stereocenters. The molecule has 0 bridgehead atoms. The number of unbranched alkanes of at least 4 members (excludes halogenated alkanes) is 45. The Hall–Kier alpha value is -1.94. The topological polar surface area (TPSA) is 237 Å². The number of ether oxygens (including phenoxy) is 4. The van der Waals surface area contributed by atoms with E-state index in [1.165, 1.54) is 186 Å². The van der Waals surface area contributed by atoms with E-state index in [9.17, 15) is 43.2 Å². The molecule has 19 heteroatoms. The third-order valence-electron chi connectivity index (χ3n) is 17.0. The Balaban J connectivity index is 5.06. The Kier molecular flexibility index (Phi) is 64.9. The van der Waals surface area contributed by atoms with E-state index in [2.05, 4.69) is 34.6 Å². The molecule has 17 nitrogen and oxygen atoms in total. The van der Waals surface area contributed by atoms with Crippen LogP contribution >= 0.6 is 15.6 Å². The van der Waals surface area contributed by atoms with Gasteiger partial charge >= 0.3 is 39.5 Å². The lowest BCUT2D eigenvalue weighted by Crippen LogP contribution is -2.30. The largest absolute Gasteiger partial charge is 0.472 e. The highest BCUT2D eigenvalue weighted by molar-refractivity contribution is 7.47. The van der Waals surface area contributed by atoms with Gasteiger partial charge in [0.2, 0.25) is 0 Å². The van der Waals surface area contributed by atoms with E-state index in [-0.39, 0.29) is 25.7 Å². The Morgan fingerprint density at radius 1 is 0.293 bits per heavy atom. The summed E-state index contributed by atoms with van der Waals surface area (Å²) in [6.07, 6.45) is 54.9. The SMILES string of the molecule is CCCCCCCCCCCCCCCCCCCCCC(=O)OC[C@H](COP(=O)(O)OC[C@@H](O)COP(=O)(O)OC[C@@H](COC(=O)CCCCCCC)OC(=O)CCCCCCCCC)OC(=O)CCCCCCCCCCCCCCCCCCCCC(C)C. The summed E-state index contributed by atoms with van der Waals surface area (Å²) in [4.78, 5) is 72.2. The molecule has 546 valence electrons. The predicted molar refractivity (Wildman–Crippen MR) is 372 cm³/mol. The average molecular weight is 1350 g/mol. The van der Waals surface area contributed by atoms with Crippen LogP contribution in [0.5, 0.6) is 0 Å². The van der Waals surface area contributed by atoms with Gasteiger partial charge in [0.25, 0.3) is 0 Å². The van der Waals surface area contributed by atoms with Crippen molar-refractivity contribution in [1.82, 2.24) is 0 Å². The van der Waals surface area contributed by atoms with Crippen molar-refractivity contribution in [2.45, 2.75) is 400 Å². The molecule has 0 fully saturated rings. The monoisotopic (exact) mass is 1350 g/mol. The molecule has 0 amide bonds. The molecule has 0 saturated carbocycles. The van der Waals surface area contributed by atoms with Gasteiger partial charge in [-0.05, 0) is 31.6 Å². The third kappa shape index (κ3) is 66.7. The fourth-order valence-electron chi connectivity index (χ4n) is 11.2. The number of hydrogen-bond acceptors (Lipinski definition) is 15. The fraction of sp³-hybridized carbons (Fsp3) is 0.945. The van der Waals surface area contributed by atoms with E-state index in [1.807, 2.05) is 0 Å². The van der Waals surface area contributed by atoms with E-state index in [0.717, 1.165) is 115 Å². The maximum Gasteiger partial charge on any atom is 0.472 e. The summed E-state index contributed by atoms with van der Waals surface area (Å²) in [7, 11) is -9.88. The van der Waals surface area contributed by atoms with Crippen molar-refractivity contribution in [3.8, 4) is 0 Å². The molecule has 0 rings (SSSR count). The van der Waals surface area contributed by atoms with Crippen molar-refractivity contribution in [2.75, 3.05) is 39.6 Å². The third-order valence-corrected chi connectivity index (χ3v) is 18.9. The standard InChI is InChI=1S/C73H142O17P2/c1-6-9-12-15-17-18-19-20-21-22-23-27-30-33-36-39-43-47-52-57-71(76)84-63-69(90-73(78)59-54-49-44-40-37-34-31-28-25-24-26-29-32-35-38-42-46-50-55-66(4)5)65-88-92(81,82)86-61-67(74)60-85-91(79,80)87-64-68(62-83-70(75)56-51-45-14-11-8-3)89-72(77)58-53-48-41-16-13-10-7-2/h66-69,74H,6-65H2,1-5H3,(H,79,80)(H,81,82)/t67-,68+,69+/m0/s1. The summed E-state index contributed by atoms with van der Waals surface area (Å²) in [5.41, 5.74) is 0. The molecule has 0 saturated heterocycles. The van der Waals surface area contributed by atoms with Gasteiger partial charge in [-0.2, -0.15) is 0 Å². The van der Waals surface area contributed by atoms with Gasteiger partial charge in [0.15, 0.2) is 12.2 Å². The highest BCUT2D eigenvalue weighted by atomic mass is 31.2. The molecule has 0 aliphatic carbocycles. The first-order valence-corrected chi connectivity index (χ1v) is 41.1. The van der Waals surface area contributed by atoms with Crippen LogP contribution in [0.15, 0.2) is 0 Å². The zero-order chi connectivity index (χ0) is 67.7. The Morgan fingerprint density at radius 3 is 0.739 bits per heavy atom. The van der Waals surface area contributed by atoms with Gasteiger partial charge in [0.05, 0.1) is 26.4 Å². The Labute approximate surface area is 562 Å². The van der Waals surface area contributed by atoms with Crippen molar-refractivity contribution in [3.05, 3.63) is 0 Å². The van der Waals surface area contributed by atoms with Crippen LogP contribution in [0.1, 0.15) is 381 Å². The van der Waals surface area contributed by atoms with E-state index in [4.69, 9.17) is 37.0 Å². The molecule has 0 aromatic heterocycles. The number of aliphatic hydroxyl groups excluding tert-OH is 1. The van der Waals surface area contributed by atoms with Gasteiger partial charge in [-0.3, -0.25) is 37.3 Å². The van der Waals surface area contributed by atoms with E-state index < -0.39 is 97.5 Å². The van der Waals surface area contributed by atoms with E-state index >= 15 is 0 Å². The average Bonchev–Trinajstić information content (AvgIpc) is 3.23. The van der Waals surface area contributed by atoms with Crippen molar-refractivity contribution in [1.29, 1.82) is 0 Å². The normalized spacial score (nSPS) is 14.0. The zero-order valence-electron chi connectivity index (χ0n) is 59.7. The lowest BCUT2D eigenvalue weighted by molar-refractivity contribution is -0.161. The number of phosphoric ester groups is 2. The summed E-state index contributed by atoms with van der Waals surface area (Å²) < 4.78 is 68.0. The zero-order valence-corrected chi connectivity index (χ0v) is 61.5. The van der Waals surface area contributed by atoms with Crippen LogP contribution in [-0.4, -0.2) is 96.7 Å². The van der Waals surface area contributed by atoms with Crippen LogP contribution in [0.25, 0.3) is 0 Å². The molecule has 0 spiro atoms. The first-order chi connectivity index (χ1) is 44.5. The molecule has 0 aliphatic heterocycles. The van der Waals surface area contributed by atoms with Crippen LogP contribution in [0.3, 0.4) is 0 Å². The van der Waals surface area contributed by atoms with Gasteiger partial charge in [-0.25, -0.2) is 9.13 Å². The van der Waals surface area contributed by atoms with Crippen molar-refractivity contribution < 1.29 is 80.2 Å². The van der Waals surface area contributed by atoms with Crippen molar-refractivity contribution >= 4 is 39.5 Å².